The van der Waals surface area contributed by atoms with Crippen LogP contribution in [0.2, 0.25) is 5.02 Å². The number of hydrogen-bond acceptors (Lipinski definition) is 7. The molecule has 0 atom stereocenters. The van der Waals surface area contributed by atoms with Crippen molar-refractivity contribution in [3.05, 3.63) is 93.5 Å². The SMILES string of the molecule is Cn1nc2cc1CSc1cc(c3ccccc3c1)OCCCc1c(C(=O)O)n(C)c3c(c(Cl)ccc13)/C=C1\CCCCN1/N=C/CNC2. The summed E-state index contributed by atoms with van der Waals surface area (Å²) in [4.78, 5) is 13.8. The molecule has 0 saturated carbocycles. The highest BCUT2D eigenvalue weighted by Crippen LogP contribution is 2.37. The summed E-state index contributed by atoms with van der Waals surface area (Å²) in [7, 11) is 3.81. The van der Waals surface area contributed by atoms with E-state index in [4.69, 9.17) is 26.5 Å². The quantitative estimate of drug-likeness (QED) is 0.188. The number of thioether (sulfide) groups is 1. The van der Waals surface area contributed by atoms with Crippen molar-refractivity contribution in [2.45, 2.75) is 49.3 Å². The van der Waals surface area contributed by atoms with Crippen molar-refractivity contribution in [2.24, 2.45) is 19.2 Å². The van der Waals surface area contributed by atoms with Gasteiger partial charge >= 0.3 is 5.97 Å². The Kier molecular flexibility index (Phi) is 9.48. The molecule has 2 aliphatic rings. The lowest BCUT2D eigenvalue weighted by Gasteiger charge is -2.27. The molecular weight excluding hydrogens is 644 g/mol. The minimum Gasteiger partial charge on any atom is -0.493 e. The van der Waals surface area contributed by atoms with Crippen molar-refractivity contribution in [3.8, 4) is 5.75 Å². The molecule has 48 heavy (non-hydrogen) atoms. The zero-order chi connectivity index (χ0) is 33.2. The predicted molar refractivity (Wildman–Crippen MR) is 194 cm³/mol. The molecule has 11 heteroatoms. The lowest BCUT2D eigenvalue weighted by Crippen LogP contribution is -2.24. The van der Waals surface area contributed by atoms with Gasteiger partial charge in [0.05, 0.1) is 17.8 Å². The summed E-state index contributed by atoms with van der Waals surface area (Å²) in [5.41, 5.74) is 5.91. The van der Waals surface area contributed by atoms with Crippen molar-refractivity contribution >= 4 is 63.3 Å². The van der Waals surface area contributed by atoms with Crippen LogP contribution in [0.4, 0.5) is 0 Å². The van der Waals surface area contributed by atoms with Gasteiger partial charge < -0.3 is 19.7 Å². The molecule has 7 rings (SSSR count). The van der Waals surface area contributed by atoms with E-state index in [0.29, 0.717) is 37.6 Å². The van der Waals surface area contributed by atoms with E-state index in [9.17, 15) is 9.90 Å². The molecule has 3 aromatic carbocycles. The molecule has 248 valence electrons. The fourth-order valence-electron chi connectivity index (χ4n) is 6.82. The third kappa shape index (κ3) is 6.57. The van der Waals surface area contributed by atoms with Crippen molar-refractivity contribution in [1.82, 2.24) is 24.7 Å². The summed E-state index contributed by atoms with van der Waals surface area (Å²) < 4.78 is 10.2. The van der Waals surface area contributed by atoms with Crippen LogP contribution in [-0.4, -0.2) is 56.3 Å². The summed E-state index contributed by atoms with van der Waals surface area (Å²) in [5, 5.41) is 29.1. The third-order valence-corrected chi connectivity index (χ3v) is 10.5. The average molecular weight is 683 g/mol. The number of aromatic carboxylic acids is 1. The number of ether oxygens (including phenoxy) is 1. The summed E-state index contributed by atoms with van der Waals surface area (Å²) in [6.07, 6.45) is 8.17. The van der Waals surface area contributed by atoms with E-state index in [2.05, 4.69) is 41.7 Å². The number of benzene rings is 3. The number of rotatable bonds is 1. The molecule has 5 aromatic rings. The average Bonchev–Trinajstić information content (AvgIpc) is 3.58. The number of fused-ring (bicyclic) bond motifs is 7. The summed E-state index contributed by atoms with van der Waals surface area (Å²) in [6, 6.07) is 18.6. The van der Waals surface area contributed by atoms with Gasteiger partial charge in [-0.25, -0.2) is 4.79 Å². The lowest BCUT2D eigenvalue weighted by atomic mass is 10.0. The first-order valence-electron chi connectivity index (χ1n) is 16.4. The van der Waals surface area contributed by atoms with E-state index in [0.717, 1.165) is 92.1 Å². The molecule has 0 spiro atoms. The summed E-state index contributed by atoms with van der Waals surface area (Å²) in [6.45, 7) is 2.50. The lowest BCUT2D eigenvalue weighted by molar-refractivity contribution is 0.0685. The minimum atomic E-state index is -0.954. The van der Waals surface area contributed by atoms with Crippen molar-refractivity contribution in [2.75, 3.05) is 19.7 Å². The minimum absolute atomic E-state index is 0.282. The fraction of sp³-hybridized carbons (Fsp3) is 0.324. The Bertz CT molecular complexity index is 2070. The van der Waals surface area contributed by atoms with Gasteiger partial charge in [-0.3, -0.25) is 9.69 Å². The second-order valence-corrected chi connectivity index (χ2v) is 13.8. The molecule has 2 N–H and O–H groups in total. The van der Waals surface area contributed by atoms with E-state index in [1.165, 1.54) is 0 Å². The molecule has 1 fully saturated rings. The molecule has 0 amide bonds. The first-order valence-corrected chi connectivity index (χ1v) is 17.8. The number of nitrogens with zero attached hydrogens (tertiary/aromatic N) is 5. The first-order chi connectivity index (χ1) is 23.4. The van der Waals surface area contributed by atoms with Crippen LogP contribution in [0, 0.1) is 0 Å². The van der Waals surface area contributed by atoms with Gasteiger partial charge in [0.2, 0.25) is 0 Å². The topological polar surface area (TPSA) is 96.9 Å². The Balaban J connectivity index is 1.27. The fourth-order valence-corrected chi connectivity index (χ4v) is 8.01. The molecule has 0 unspecified atom stereocenters. The van der Waals surface area contributed by atoms with E-state index >= 15 is 0 Å². The van der Waals surface area contributed by atoms with Crippen molar-refractivity contribution in [3.63, 3.8) is 0 Å². The van der Waals surface area contributed by atoms with Gasteiger partial charge in [-0.05, 0) is 73.4 Å². The highest BCUT2D eigenvalue weighted by Gasteiger charge is 2.24. The Hall–Kier alpha value is -4.25. The van der Waals surface area contributed by atoms with Gasteiger partial charge in [0.1, 0.15) is 11.4 Å². The van der Waals surface area contributed by atoms with Gasteiger partial charge in [0, 0.05) is 83.3 Å². The number of carboxylic acids is 1. The normalized spacial score (nSPS) is 18.1. The van der Waals surface area contributed by atoms with Gasteiger partial charge in [0.15, 0.2) is 0 Å². The molecule has 2 aromatic heterocycles. The van der Waals surface area contributed by atoms with Crippen LogP contribution in [-0.2, 0) is 32.8 Å². The zero-order valence-electron chi connectivity index (χ0n) is 27.2. The number of piperidine rings is 1. The van der Waals surface area contributed by atoms with Crippen LogP contribution in [0.3, 0.4) is 0 Å². The predicted octanol–water partition coefficient (Wildman–Crippen LogP) is 7.64. The van der Waals surface area contributed by atoms with Crippen LogP contribution in [0.5, 0.6) is 5.75 Å². The number of allylic oxidation sites excluding steroid dienone is 1. The van der Waals surface area contributed by atoms with E-state index in [-0.39, 0.29) is 5.69 Å². The summed E-state index contributed by atoms with van der Waals surface area (Å²) >= 11 is 8.62. The van der Waals surface area contributed by atoms with Gasteiger partial charge in [-0.15, -0.1) is 11.8 Å². The van der Waals surface area contributed by atoms with E-state index in [1.54, 1.807) is 16.3 Å². The number of hydrazone groups is 1. The van der Waals surface area contributed by atoms with Crippen LogP contribution >= 0.6 is 23.4 Å². The third-order valence-electron chi connectivity index (χ3n) is 9.15. The highest BCUT2D eigenvalue weighted by molar-refractivity contribution is 7.98. The molecular formula is C37H39ClN6O3S. The summed E-state index contributed by atoms with van der Waals surface area (Å²) in [5.74, 6) is 0.651. The Labute approximate surface area is 289 Å². The molecule has 8 bridgehead atoms. The number of aromatic nitrogens is 3. The molecule has 2 aliphatic heterocycles. The maximum absolute atomic E-state index is 12.7. The van der Waals surface area contributed by atoms with Gasteiger partial charge in [0.25, 0.3) is 0 Å². The molecule has 1 saturated heterocycles. The Morgan fingerprint density at radius 2 is 1.92 bits per heavy atom. The van der Waals surface area contributed by atoms with Crippen molar-refractivity contribution < 1.29 is 14.6 Å². The number of halogens is 1. The van der Waals surface area contributed by atoms with Crippen LogP contribution in [0.15, 0.2) is 70.3 Å². The molecule has 4 heterocycles. The molecule has 0 aliphatic carbocycles. The van der Waals surface area contributed by atoms with E-state index < -0.39 is 5.97 Å². The van der Waals surface area contributed by atoms with Crippen LogP contribution in [0.25, 0.3) is 27.8 Å². The van der Waals surface area contributed by atoms with E-state index in [1.807, 2.05) is 54.3 Å². The second-order valence-electron chi connectivity index (χ2n) is 12.3. The Morgan fingerprint density at radius 3 is 2.79 bits per heavy atom. The number of hydrogen-bond donors (Lipinski definition) is 2. The van der Waals surface area contributed by atoms with Gasteiger partial charge in [-0.2, -0.15) is 10.2 Å². The molecule has 9 nitrogen and oxygen atoms in total. The first kappa shape index (κ1) is 32.3. The largest absolute Gasteiger partial charge is 0.493 e. The standard InChI is InChI=1S/C37H39ClN6O3S/c1-42-35-31-12-13-33(38)32(35)20-26-9-5-6-16-44(26)40-15-14-39-22-25-19-27(43(2)41-25)23-48-28-18-24-8-3-4-10-29(24)34(21-28)47-17-7-11-30(31)36(42)37(45)46/h3-4,8,10,12-13,15,18-21,39H,5-7,9,11,14,16-17,22-23H2,1-2H3,(H,45,46)/b26-20+,40-15+. The number of nitrogens with one attached hydrogen (secondary N) is 1. The van der Waals surface area contributed by atoms with Crippen molar-refractivity contribution in [1.29, 1.82) is 0 Å². The Morgan fingerprint density at radius 1 is 1.04 bits per heavy atom. The van der Waals surface area contributed by atoms with Crippen LogP contribution in [0.1, 0.15) is 58.7 Å². The zero-order valence-corrected chi connectivity index (χ0v) is 28.8. The molecule has 0 radical (unpaired) electrons. The maximum atomic E-state index is 12.7. The van der Waals surface area contributed by atoms with Crippen LogP contribution < -0.4 is 10.1 Å². The van der Waals surface area contributed by atoms with Gasteiger partial charge in [-0.1, -0.05) is 41.9 Å². The number of aryl methyl sites for hydroxylation is 3. The number of carbonyl (C=O) groups is 1. The second kappa shape index (κ2) is 14.1. The number of carboxylic acid groups (broad SMARTS) is 1. The highest BCUT2D eigenvalue weighted by atomic mass is 35.5. The maximum Gasteiger partial charge on any atom is 0.352 e. The monoisotopic (exact) mass is 682 g/mol. The smallest absolute Gasteiger partial charge is 0.352 e.